The number of hydrogen-bond donors (Lipinski definition) is 1. The Kier molecular flexibility index (Phi) is 3.07. The molecule has 0 aliphatic carbocycles. The zero-order valence-corrected chi connectivity index (χ0v) is 11.2. The Balaban J connectivity index is 2.65. The van der Waals surface area contributed by atoms with Crippen molar-refractivity contribution in [2.45, 2.75) is 26.2 Å². The lowest BCUT2D eigenvalue weighted by Crippen LogP contribution is -2.54. The number of aliphatic carboxylic acids is 1. The quantitative estimate of drug-likeness (QED) is 0.891. The Hall–Kier alpha value is -1.55. The molecule has 1 aromatic rings. The molecule has 1 aliphatic heterocycles. The molecule has 4 heteroatoms. The molecule has 98 valence electrons. The number of ether oxygens (including phenoxy) is 2. The second-order valence-corrected chi connectivity index (χ2v) is 4.90. The van der Waals surface area contributed by atoms with Gasteiger partial charge in [0.05, 0.1) is 20.3 Å². The van der Waals surface area contributed by atoms with E-state index in [1.165, 1.54) is 0 Å². The summed E-state index contributed by atoms with van der Waals surface area (Å²) in [5.41, 5.74) is 2.91. The number of rotatable bonds is 3. The number of carbonyl (C=O) groups is 1. The van der Waals surface area contributed by atoms with Gasteiger partial charge in [-0.2, -0.15) is 0 Å². The van der Waals surface area contributed by atoms with Gasteiger partial charge in [0.25, 0.3) is 0 Å². The fourth-order valence-electron chi connectivity index (χ4n) is 2.67. The van der Waals surface area contributed by atoms with Crippen LogP contribution in [0.4, 0.5) is 0 Å². The van der Waals surface area contributed by atoms with Gasteiger partial charge >= 0.3 is 5.97 Å². The van der Waals surface area contributed by atoms with Gasteiger partial charge in [0, 0.05) is 0 Å². The summed E-state index contributed by atoms with van der Waals surface area (Å²) in [5, 5.41) is 9.49. The summed E-state index contributed by atoms with van der Waals surface area (Å²) in [7, 11) is 1.63. The molecule has 1 aliphatic rings. The zero-order chi connectivity index (χ0) is 13.5. The van der Waals surface area contributed by atoms with E-state index >= 15 is 0 Å². The largest absolute Gasteiger partial charge is 0.496 e. The summed E-state index contributed by atoms with van der Waals surface area (Å²) in [6.45, 7) is 6.31. The lowest BCUT2D eigenvalue weighted by molar-refractivity contribution is -0.163. The van der Waals surface area contributed by atoms with Crippen molar-refractivity contribution in [1.82, 2.24) is 0 Å². The smallest absolute Gasteiger partial charge is 0.318 e. The molecule has 4 nitrogen and oxygen atoms in total. The summed E-state index contributed by atoms with van der Waals surface area (Å²) in [6, 6.07) is 1.90. The highest BCUT2D eigenvalue weighted by atomic mass is 16.5. The van der Waals surface area contributed by atoms with E-state index in [9.17, 15) is 9.90 Å². The van der Waals surface area contributed by atoms with Crippen molar-refractivity contribution in [3.63, 3.8) is 0 Å². The maximum Gasteiger partial charge on any atom is 0.318 e. The van der Waals surface area contributed by atoms with Crippen LogP contribution < -0.4 is 4.74 Å². The Morgan fingerprint density at radius 3 is 2.33 bits per heavy atom. The van der Waals surface area contributed by atoms with E-state index in [-0.39, 0.29) is 13.2 Å². The third-order valence-corrected chi connectivity index (χ3v) is 3.85. The molecule has 0 unspecified atom stereocenters. The molecule has 2 rings (SSSR count). The summed E-state index contributed by atoms with van der Waals surface area (Å²) in [5.74, 6) is -0.0148. The molecule has 1 fully saturated rings. The number of carboxylic acids is 1. The lowest BCUT2D eigenvalue weighted by atomic mass is 9.73. The maximum atomic E-state index is 11.6. The fourth-order valence-corrected chi connectivity index (χ4v) is 2.67. The zero-order valence-electron chi connectivity index (χ0n) is 11.2. The molecule has 0 atom stereocenters. The van der Waals surface area contributed by atoms with Crippen molar-refractivity contribution in [3.05, 3.63) is 28.3 Å². The molecular formula is C14H18O4. The molecule has 0 spiro atoms. The molecule has 1 saturated heterocycles. The first-order chi connectivity index (χ1) is 8.44. The molecule has 0 saturated carbocycles. The minimum Gasteiger partial charge on any atom is -0.496 e. The van der Waals surface area contributed by atoms with Crippen LogP contribution >= 0.6 is 0 Å². The monoisotopic (exact) mass is 250 g/mol. The molecule has 18 heavy (non-hydrogen) atoms. The number of hydrogen-bond acceptors (Lipinski definition) is 3. The van der Waals surface area contributed by atoms with Crippen LogP contribution in [0.25, 0.3) is 0 Å². The highest BCUT2D eigenvalue weighted by Crippen LogP contribution is 2.40. The van der Waals surface area contributed by atoms with Gasteiger partial charge in [0.15, 0.2) is 0 Å². The van der Waals surface area contributed by atoms with Gasteiger partial charge in [0.1, 0.15) is 11.2 Å². The topological polar surface area (TPSA) is 55.8 Å². The van der Waals surface area contributed by atoms with Crippen molar-refractivity contribution in [3.8, 4) is 5.75 Å². The highest BCUT2D eigenvalue weighted by molar-refractivity contribution is 5.84. The standard InChI is InChI=1S/C14H18O4/c1-8-5-11(17-4)9(2)10(3)12(8)14(13(15)16)6-18-7-14/h5H,6-7H2,1-4H3,(H,15,16). The Morgan fingerprint density at radius 1 is 1.33 bits per heavy atom. The second kappa shape index (κ2) is 4.28. The van der Waals surface area contributed by atoms with E-state index in [0.29, 0.717) is 0 Å². The van der Waals surface area contributed by atoms with E-state index in [1.54, 1.807) is 7.11 Å². The molecule has 1 heterocycles. The number of carboxylic acid groups (broad SMARTS) is 1. The summed E-state index contributed by atoms with van der Waals surface area (Å²) >= 11 is 0. The van der Waals surface area contributed by atoms with Gasteiger partial charge in [0.2, 0.25) is 0 Å². The Morgan fingerprint density at radius 2 is 1.94 bits per heavy atom. The molecule has 1 aromatic carbocycles. The lowest BCUT2D eigenvalue weighted by Gasteiger charge is -2.40. The highest BCUT2D eigenvalue weighted by Gasteiger charge is 2.49. The maximum absolute atomic E-state index is 11.6. The van der Waals surface area contributed by atoms with E-state index in [1.807, 2.05) is 26.8 Å². The fraction of sp³-hybridized carbons (Fsp3) is 0.500. The van der Waals surface area contributed by atoms with Crippen molar-refractivity contribution in [1.29, 1.82) is 0 Å². The summed E-state index contributed by atoms with van der Waals surface area (Å²) < 4.78 is 10.5. The molecule has 0 aromatic heterocycles. The van der Waals surface area contributed by atoms with Crippen LogP contribution in [0.5, 0.6) is 5.75 Å². The van der Waals surface area contributed by atoms with Crippen molar-refractivity contribution in [2.24, 2.45) is 0 Å². The van der Waals surface area contributed by atoms with E-state index in [2.05, 4.69) is 0 Å². The number of aryl methyl sites for hydroxylation is 1. The SMILES string of the molecule is COc1cc(C)c(C2(C(=O)O)COC2)c(C)c1C. The Labute approximate surface area is 107 Å². The van der Waals surface area contributed by atoms with Gasteiger partial charge in [-0.25, -0.2) is 0 Å². The first kappa shape index (κ1) is 12.9. The normalized spacial score (nSPS) is 17.1. The third kappa shape index (κ3) is 1.60. The van der Waals surface area contributed by atoms with Gasteiger partial charge < -0.3 is 14.6 Å². The van der Waals surface area contributed by atoms with Crippen molar-refractivity contribution >= 4 is 5.97 Å². The summed E-state index contributed by atoms with van der Waals surface area (Å²) in [4.78, 5) is 11.6. The minimum atomic E-state index is -0.884. The number of benzene rings is 1. The van der Waals surface area contributed by atoms with Gasteiger partial charge in [-0.15, -0.1) is 0 Å². The van der Waals surface area contributed by atoms with Crippen LogP contribution in [0.2, 0.25) is 0 Å². The van der Waals surface area contributed by atoms with E-state index in [4.69, 9.17) is 9.47 Å². The van der Waals surface area contributed by atoms with Crippen LogP contribution in [0.3, 0.4) is 0 Å². The first-order valence-corrected chi connectivity index (χ1v) is 5.90. The van der Waals surface area contributed by atoms with Gasteiger partial charge in [-0.1, -0.05) is 0 Å². The van der Waals surface area contributed by atoms with E-state index < -0.39 is 11.4 Å². The predicted octanol–water partition coefficient (Wildman–Crippen LogP) is 1.97. The summed E-state index contributed by atoms with van der Waals surface area (Å²) in [6.07, 6.45) is 0. The second-order valence-electron chi connectivity index (χ2n) is 4.90. The van der Waals surface area contributed by atoms with Gasteiger partial charge in [-0.3, -0.25) is 4.79 Å². The molecule has 1 N–H and O–H groups in total. The molecule has 0 radical (unpaired) electrons. The van der Waals surface area contributed by atoms with Crippen molar-refractivity contribution < 1.29 is 19.4 Å². The molecule has 0 bridgehead atoms. The molecular weight excluding hydrogens is 232 g/mol. The van der Waals surface area contributed by atoms with Gasteiger partial charge in [-0.05, 0) is 49.1 Å². The first-order valence-electron chi connectivity index (χ1n) is 5.90. The number of methoxy groups -OCH3 is 1. The minimum absolute atomic E-state index is 0.246. The van der Waals surface area contributed by atoms with Crippen LogP contribution in [0, 0.1) is 20.8 Å². The van der Waals surface area contributed by atoms with E-state index in [0.717, 1.165) is 28.0 Å². The average Bonchev–Trinajstić information content (AvgIpc) is 2.26. The van der Waals surface area contributed by atoms with Crippen LogP contribution in [0.15, 0.2) is 6.07 Å². The van der Waals surface area contributed by atoms with Crippen molar-refractivity contribution in [2.75, 3.05) is 20.3 Å². The van der Waals surface area contributed by atoms with Crippen LogP contribution in [-0.4, -0.2) is 31.4 Å². The Bertz CT molecular complexity index is 501. The van der Waals surface area contributed by atoms with Crippen LogP contribution in [0.1, 0.15) is 22.3 Å². The third-order valence-electron chi connectivity index (χ3n) is 3.85. The van der Waals surface area contributed by atoms with Crippen LogP contribution in [-0.2, 0) is 14.9 Å². The average molecular weight is 250 g/mol. The molecule has 0 amide bonds. The predicted molar refractivity (Wildman–Crippen MR) is 67.3 cm³/mol.